The first kappa shape index (κ1) is 12.5. The molecule has 94 valence electrons. The third-order valence-electron chi connectivity index (χ3n) is 2.92. The van der Waals surface area contributed by atoms with Gasteiger partial charge in [0.15, 0.2) is 0 Å². The highest BCUT2D eigenvalue weighted by Gasteiger charge is 2.09. The van der Waals surface area contributed by atoms with E-state index in [2.05, 4.69) is 11.1 Å². The van der Waals surface area contributed by atoms with Gasteiger partial charge in [0, 0.05) is 18.3 Å². The Balaban J connectivity index is 2.33. The summed E-state index contributed by atoms with van der Waals surface area (Å²) in [5.41, 5.74) is 1.93. The molecule has 1 heterocycles. The van der Waals surface area contributed by atoms with Crippen LogP contribution in [-0.4, -0.2) is 17.5 Å². The van der Waals surface area contributed by atoms with Gasteiger partial charge in [0.05, 0.1) is 13.5 Å². The number of amides is 1. The minimum atomic E-state index is -0.392. The molecule has 4 nitrogen and oxygen atoms in total. The number of allylic oxidation sites excluding steroid dienone is 1. The summed E-state index contributed by atoms with van der Waals surface area (Å²) in [6.07, 6.45) is 3.99. The highest BCUT2D eigenvalue weighted by Crippen LogP contribution is 2.18. The lowest BCUT2D eigenvalue weighted by Gasteiger charge is -2.13. The Hall–Kier alpha value is -1.91. The minimum Gasteiger partial charge on any atom is -0.627 e. The maximum absolute atomic E-state index is 11.4. The molecular weight excluding hydrogens is 228 g/mol. The summed E-state index contributed by atoms with van der Waals surface area (Å²) >= 11 is 0. The maximum atomic E-state index is 11.4. The molecule has 1 amide bonds. The third-order valence-corrected chi connectivity index (χ3v) is 2.92. The summed E-state index contributed by atoms with van der Waals surface area (Å²) in [5.74, 6) is -0.351. The summed E-state index contributed by atoms with van der Waals surface area (Å²) in [6, 6.07) is 7.84. The largest absolute Gasteiger partial charge is 0.627 e. The summed E-state index contributed by atoms with van der Waals surface area (Å²) in [4.78, 5) is 11.4. The lowest BCUT2D eigenvalue weighted by Crippen LogP contribution is -3.07. The van der Waals surface area contributed by atoms with Crippen LogP contribution in [-0.2, 0) is 17.8 Å². The van der Waals surface area contributed by atoms with Gasteiger partial charge < -0.3 is 14.8 Å². The molecule has 0 aliphatic rings. The van der Waals surface area contributed by atoms with Crippen LogP contribution in [0.2, 0.25) is 0 Å². The van der Waals surface area contributed by atoms with Crippen LogP contribution < -0.4 is 5.06 Å². The summed E-state index contributed by atoms with van der Waals surface area (Å²) in [5, 5.41) is 11.7. The normalized spacial score (nSPS) is 12.6. The number of fused-ring (bicyclic) bond motifs is 1. The number of hydrogen-bond donors (Lipinski definition) is 1. The van der Waals surface area contributed by atoms with Crippen molar-refractivity contribution in [2.24, 2.45) is 0 Å². The van der Waals surface area contributed by atoms with E-state index >= 15 is 0 Å². The molecule has 0 fully saturated rings. The first-order valence-corrected chi connectivity index (χ1v) is 5.84. The van der Waals surface area contributed by atoms with Crippen LogP contribution in [0.3, 0.4) is 0 Å². The van der Waals surface area contributed by atoms with Gasteiger partial charge in [-0.05, 0) is 23.1 Å². The van der Waals surface area contributed by atoms with Crippen LogP contribution in [0.5, 0.6) is 0 Å². The Morgan fingerprint density at radius 2 is 2.28 bits per heavy atom. The molecule has 2 rings (SSSR count). The second-order valence-electron chi connectivity index (χ2n) is 4.31. The van der Waals surface area contributed by atoms with Crippen molar-refractivity contribution in [2.75, 3.05) is 7.05 Å². The monoisotopic (exact) mass is 244 g/mol. The van der Waals surface area contributed by atoms with Crippen LogP contribution in [0.4, 0.5) is 0 Å². The molecule has 0 aliphatic carbocycles. The molecule has 0 radical (unpaired) electrons. The van der Waals surface area contributed by atoms with Crippen LogP contribution in [0, 0.1) is 5.21 Å². The van der Waals surface area contributed by atoms with Crippen molar-refractivity contribution < 1.29 is 9.86 Å². The van der Waals surface area contributed by atoms with Gasteiger partial charge >= 0.3 is 5.91 Å². The van der Waals surface area contributed by atoms with Gasteiger partial charge in [0.2, 0.25) is 0 Å². The molecule has 1 atom stereocenters. The number of carbonyl (C=O) groups excluding carboxylic acids is 1. The fourth-order valence-electron chi connectivity index (χ4n) is 1.95. The quantitative estimate of drug-likeness (QED) is 0.642. The zero-order valence-corrected chi connectivity index (χ0v) is 10.3. The van der Waals surface area contributed by atoms with E-state index in [0.717, 1.165) is 23.0 Å². The van der Waals surface area contributed by atoms with E-state index in [9.17, 15) is 10.0 Å². The molecule has 4 heteroatoms. The number of nitrogens with one attached hydrogen (secondary N) is 1. The lowest BCUT2D eigenvalue weighted by molar-refractivity contribution is -0.740. The van der Waals surface area contributed by atoms with Gasteiger partial charge in [-0.15, -0.1) is 6.58 Å². The number of hydroxylamine groups is 2. The first-order chi connectivity index (χ1) is 8.61. The zero-order chi connectivity index (χ0) is 13.1. The highest BCUT2D eigenvalue weighted by molar-refractivity contribution is 5.82. The van der Waals surface area contributed by atoms with Gasteiger partial charge in [0.25, 0.3) is 0 Å². The number of rotatable bonds is 4. The van der Waals surface area contributed by atoms with E-state index in [4.69, 9.17) is 0 Å². The van der Waals surface area contributed by atoms with Crippen molar-refractivity contribution in [3.05, 3.63) is 53.9 Å². The average molecular weight is 244 g/mol. The molecule has 1 aromatic heterocycles. The van der Waals surface area contributed by atoms with Crippen LogP contribution in [0.15, 0.2) is 43.1 Å². The van der Waals surface area contributed by atoms with Gasteiger partial charge in [-0.25, -0.2) is 4.79 Å². The summed E-state index contributed by atoms with van der Waals surface area (Å²) in [6.45, 7) is 4.45. The van der Waals surface area contributed by atoms with E-state index in [1.807, 2.05) is 36.5 Å². The zero-order valence-electron chi connectivity index (χ0n) is 10.3. The lowest BCUT2D eigenvalue weighted by atomic mass is 10.1. The fraction of sp³-hybridized carbons (Fsp3) is 0.214. The number of hydrogen-bond acceptors (Lipinski definition) is 2. The summed E-state index contributed by atoms with van der Waals surface area (Å²) < 4.78 is 2.06. The molecule has 2 aromatic rings. The molecule has 18 heavy (non-hydrogen) atoms. The molecule has 1 unspecified atom stereocenters. The first-order valence-electron chi connectivity index (χ1n) is 5.84. The Kier molecular flexibility index (Phi) is 3.60. The van der Waals surface area contributed by atoms with Gasteiger partial charge in [-0.3, -0.25) is 0 Å². The Bertz CT molecular complexity index is 584. The SMILES string of the molecule is C=CCn1ccc2ccc(CC(=O)[NH+](C)[O-])cc21. The number of benzene rings is 1. The van der Waals surface area contributed by atoms with Crippen molar-refractivity contribution in [1.82, 2.24) is 4.57 Å². The van der Waals surface area contributed by atoms with Crippen molar-refractivity contribution in [3.63, 3.8) is 0 Å². The predicted octanol–water partition coefficient (Wildman–Crippen LogP) is 0.909. The van der Waals surface area contributed by atoms with E-state index in [1.165, 1.54) is 7.05 Å². The van der Waals surface area contributed by atoms with E-state index < -0.39 is 5.06 Å². The van der Waals surface area contributed by atoms with Crippen LogP contribution in [0.1, 0.15) is 5.56 Å². The second-order valence-corrected chi connectivity index (χ2v) is 4.31. The second kappa shape index (κ2) is 5.16. The molecular formula is C14H16N2O2. The molecule has 0 spiro atoms. The van der Waals surface area contributed by atoms with E-state index in [-0.39, 0.29) is 12.3 Å². The third kappa shape index (κ3) is 2.50. The Morgan fingerprint density at radius 1 is 1.50 bits per heavy atom. The smallest absolute Gasteiger partial charge is 0.316 e. The average Bonchev–Trinajstić information content (AvgIpc) is 2.72. The van der Waals surface area contributed by atoms with Crippen molar-refractivity contribution in [2.45, 2.75) is 13.0 Å². The van der Waals surface area contributed by atoms with Gasteiger partial charge in [-0.1, -0.05) is 18.2 Å². The summed E-state index contributed by atoms with van der Waals surface area (Å²) in [7, 11) is 1.31. The number of likely N-dealkylation sites (N-methyl/N-ethyl adjacent to an activating group) is 1. The number of aromatic nitrogens is 1. The molecule has 1 N–H and O–H groups in total. The number of quaternary nitrogens is 1. The topological polar surface area (TPSA) is 49.5 Å². The molecule has 1 aromatic carbocycles. The van der Waals surface area contributed by atoms with E-state index in [1.54, 1.807) is 0 Å². The molecule has 0 bridgehead atoms. The maximum Gasteiger partial charge on any atom is 0.316 e. The fourth-order valence-corrected chi connectivity index (χ4v) is 1.95. The molecule has 0 saturated heterocycles. The van der Waals surface area contributed by atoms with Crippen molar-refractivity contribution in [1.29, 1.82) is 0 Å². The van der Waals surface area contributed by atoms with Gasteiger partial charge in [-0.2, -0.15) is 0 Å². The van der Waals surface area contributed by atoms with Crippen LogP contribution in [0.25, 0.3) is 10.9 Å². The standard InChI is InChI=1S/C14H16N2O2/c1-3-7-16-8-6-12-5-4-11(9-13(12)16)10-14(17)15(2)18/h3-6,8-9,15H,1,7,10H2,2H3. The highest BCUT2D eigenvalue weighted by atomic mass is 16.5. The Morgan fingerprint density at radius 3 is 2.94 bits per heavy atom. The van der Waals surface area contributed by atoms with Crippen molar-refractivity contribution >= 4 is 16.8 Å². The molecule has 0 saturated carbocycles. The number of nitrogens with zero attached hydrogens (tertiary/aromatic N) is 1. The van der Waals surface area contributed by atoms with Crippen LogP contribution >= 0.6 is 0 Å². The van der Waals surface area contributed by atoms with E-state index in [0.29, 0.717) is 0 Å². The van der Waals surface area contributed by atoms with Crippen molar-refractivity contribution in [3.8, 4) is 0 Å². The number of carbonyl (C=O) groups is 1. The van der Waals surface area contributed by atoms with Gasteiger partial charge in [0.1, 0.15) is 0 Å². The Labute approximate surface area is 106 Å². The molecule has 0 aliphatic heterocycles. The predicted molar refractivity (Wildman–Crippen MR) is 71.1 cm³/mol. The minimum absolute atomic E-state index is 0.171.